The summed E-state index contributed by atoms with van der Waals surface area (Å²) in [5, 5.41) is 13.6. The van der Waals surface area contributed by atoms with E-state index >= 15 is 0 Å². The Balaban J connectivity index is 2.28. The van der Waals surface area contributed by atoms with E-state index in [1.54, 1.807) is 6.07 Å². The molecule has 1 heterocycles. The first-order valence-electron chi connectivity index (χ1n) is 6.09. The highest BCUT2D eigenvalue weighted by Gasteiger charge is 2.13. The quantitative estimate of drug-likeness (QED) is 0.844. The maximum Gasteiger partial charge on any atom is 0.270 e. The second kappa shape index (κ2) is 5.99. The van der Waals surface area contributed by atoms with Crippen molar-refractivity contribution < 1.29 is 9.90 Å². The monoisotopic (exact) mass is 278 g/mol. The van der Waals surface area contributed by atoms with Gasteiger partial charge in [-0.15, -0.1) is 0 Å². The summed E-state index contributed by atoms with van der Waals surface area (Å²) >= 11 is 6.07. The Hall–Kier alpha value is -1.65. The normalized spacial score (nSPS) is 12.4. The fourth-order valence-corrected chi connectivity index (χ4v) is 2.10. The summed E-state index contributed by atoms with van der Waals surface area (Å²) in [6.07, 6.45) is 0.507. The van der Waals surface area contributed by atoms with Crippen LogP contribution in [-0.4, -0.2) is 28.6 Å². The van der Waals surface area contributed by atoms with E-state index in [0.29, 0.717) is 11.6 Å². The van der Waals surface area contributed by atoms with Gasteiger partial charge in [0.1, 0.15) is 10.8 Å². The summed E-state index contributed by atoms with van der Waals surface area (Å²) in [5.74, 6) is -0.284. The average molecular weight is 279 g/mol. The van der Waals surface area contributed by atoms with E-state index in [9.17, 15) is 4.79 Å². The summed E-state index contributed by atoms with van der Waals surface area (Å²) in [4.78, 5) is 16.1. The van der Waals surface area contributed by atoms with Crippen LogP contribution in [0.3, 0.4) is 0 Å². The van der Waals surface area contributed by atoms with Crippen LogP contribution in [0.15, 0.2) is 30.3 Å². The number of hydrogen-bond acceptors (Lipinski definition) is 3. The van der Waals surface area contributed by atoms with E-state index in [-0.39, 0.29) is 24.2 Å². The molecule has 1 aromatic heterocycles. The van der Waals surface area contributed by atoms with E-state index < -0.39 is 0 Å². The molecule has 1 amide bonds. The minimum Gasteiger partial charge on any atom is -0.396 e. The molecular formula is C14H15ClN2O2. The first kappa shape index (κ1) is 13.8. The lowest BCUT2D eigenvalue weighted by Crippen LogP contribution is -2.33. The van der Waals surface area contributed by atoms with Gasteiger partial charge < -0.3 is 10.4 Å². The molecule has 0 saturated heterocycles. The van der Waals surface area contributed by atoms with Gasteiger partial charge in [0.2, 0.25) is 0 Å². The topological polar surface area (TPSA) is 62.2 Å². The Kier molecular flexibility index (Phi) is 4.35. The van der Waals surface area contributed by atoms with Crippen molar-refractivity contribution in [3.63, 3.8) is 0 Å². The number of fused-ring (bicyclic) bond motifs is 1. The van der Waals surface area contributed by atoms with Crippen LogP contribution < -0.4 is 5.32 Å². The zero-order valence-corrected chi connectivity index (χ0v) is 11.3. The second-order valence-corrected chi connectivity index (χ2v) is 4.76. The molecule has 100 valence electrons. The molecule has 0 aliphatic heterocycles. The molecule has 0 unspecified atom stereocenters. The van der Waals surface area contributed by atoms with Gasteiger partial charge in [0.25, 0.3) is 5.91 Å². The number of amides is 1. The molecular weight excluding hydrogens is 264 g/mol. The van der Waals surface area contributed by atoms with Crippen molar-refractivity contribution in [2.24, 2.45) is 0 Å². The third-order valence-electron chi connectivity index (χ3n) is 2.87. The van der Waals surface area contributed by atoms with E-state index in [1.165, 1.54) is 0 Å². The number of nitrogens with one attached hydrogen (secondary N) is 1. The van der Waals surface area contributed by atoms with Gasteiger partial charge in [0, 0.05) is 18.0 Å². The third-order valence-corrected chi connectivity index (χ3v) is 3.15. The average Bonchev–Trinajstić information content (AvgIpc) is 2.39. The van der Waals surface area contributed by atoms with Crippen LogP contribution in [0.4, 0.5) is 0 Å². The molecule has 0 spiro atoms. The largest absolute Gasteiger partial charge is 0.396 e. The first-order valence-corrected chi connectivity index (χ1v) is 6.46. The van der Waals surface area contributed by atoms with Crippen LogP contribution in [0.25, 0.3) is 10.8 Å². The highest BCUT2D eigenvalue weighted by molar-refractivity contribution is 6.34. The Labute approximate surface area is 116 Å². The number of hydrogen-bond donors (Lipinski definition) is 2. The Morgan fingerprint density at radius 1 is 1.47 bits per heavy atom. The van der Waals surface area contributed by atoms with Gasteiger partial charge in [0.15, 0.2) is 0 Å². The predicted octanol–water partition coefficient (Wildman–Crippen LogP) is 2.39. The van der Waals surface area contributed by atoms with Crippen molar-refractivity contribution >= 4 is 28.3 Å². The Morgan fingerprint density at radius 2 is 2.21 bits per heavy atom. The standard InChI is InChI=1S/C14H15ClN2O2/c1-9(6-7-18)16-14(19)12-8-10-4-2-3-5-11(10)13(15)17-12/h2-5,8-9,18H,6-7H2,1H3,(H,16,19)/t9-/m1/s1. The lowest BCUT2D eigenvalue weighted by atomic mass is 10.1. The molecule has 2 rings (SSSR count). The fourth-order valence-electron chi connectivity index (χ4n) is 1.84. The molecule has 2 N–H and O–H groups in total. The minimum atomic E-state index is -0.284. The molecule has 0 radical (unpaired) electrons. The van der Waals surface area contributed by atoms with E-state index in [4.69, 9.17) is 16.7 Å². The maximum absolute atomic E-state index is 12.0. The van der Waals surface area contributed by atoms with Crippen LogP contribution >= 0.6 is 11.6 Å². The number of rotatable bonds is 4. The minimum absolute atomic E-state index is 0.0351. The molecule has 5 heteroatoms. The molecule has 1 atom stereocenters. The van der Waals surface area contributed by atoms with Crippen molar-refractivity contribution in [2.75, 3.05) is 6.61 Å². The van der Waals surface area contributed by atoms with Gasteiger partial charge in [-0.25, -0.2) is 4.98 Å². The van der Waals surface area contributed by atoms with Gasteiger partial charge in [-0.05, 0) is 24.8 Å². The number of pyridine rings is 1. The van der Waals surface area contributed by atoms with Gasteiger partial charge in [-0.2, -0.15) is 0 Å². The van der Waals surface area contributed by atoms with Gasteiger partial charge in [-0.1, -0.05) is 35.9 Å². The summed E-state index contributed by atoms with van der Waals surface area (Å²) in [6, 6.07) is 9.11. The zero-order chi connectivity index (χ0) is 13.8. The molecule has 2 aromatic rings. The number of benzene rings is 1. The number of aliphatic hydroxyl groups excluding tert-OH is 1. The number of carbonyl (C=O) groups is 1. The highest BCUT2D eigenvalue weighted by atomic mass is 35.5. The molecule has 19 heavy (non-hydrogen) atoms. The molecule has 0 bridgehead atoms. The highest BCUT2D eigenvalue weighted by Crippen LogP contribution is 2.22. The van der Waals surface area contributed by atoms with Crippen LogP contribution in [-0.2, 0) is 0 Å². The van der Waals surface area contributed by atoms with E-state index in [2.05, 4.69) is 10.3 Å². The van der Waals surface area contributed by atoms with Crippen LogP contribution in [0, 0.1) is 0 Å². The van der Waals surface area contributed by atoms with E-state index in [0.717, 1.165) is 10.8 Å². The van der Waals surface area contributed by atoms with Gasteiger partial charge in [0.05, 0.1) is 0 Å². The number of halogens is 1. The van der Waals surface area contributed by atoms with Crippen molar-refractivity contribution in [2.45, 2.75) is 19.4 Å². The molecule has 0 aliphatic rings. The molecule has 0 saturated carbocycles. The SMILES string of the molecule is C[C@H](CCO)NC(=O)c1cc2ccccc2c(Cl)n1. The maximum atomic E-state index is 12.0. The van der Waals surface area contributed by atoms with Crippen molar-refractivity contribution in [1.29, 1.82) is 0 Å². The zero-order valence-electron chi connectivity index (χ0n) is 10.6. The van der Waals surface area contributed by atoms with Crippen molar-refractivity contribution in [3.05, 3.63) is 41.2 Å². The number of aromatic nitrogens is 1. The number of aliphatic hydroxyl groups is 1. The lowest BCUT2D eigenvalue weighted by molar-refractivity contribution is 0.0929. The van der Waals surface area contributed by atoms with Crippen LogP contribution in [0.2, 0.25) is 5.15 Å². The number of carbonyl (C=O) groups excluding carboxylic acids is 1. The van der Waals surface area contributed by atoms with E-state index in [1.807, 2.05) is 31.2 Å². The Morgan fingerprint density at radius 3 is 2.95 bits per heavy atom. The van der Waals surface area contributed by atoms with Crippen LogP contribution in [0.5, 0.6) is 0 Å². The van der Waals surface area contributed by atoms with Gasteiger partial charge >= 0.3 is 0 Å². The second-order valence-electron chi connectivity index (χ2n) is 4.41. The summed E-state index contributed by atoms with van der Waals surface area (Å²) in [7, 11) is 0. The fraction of sp³-hybridized carbons (Fsp3) is 0.286. The summed E-state index contributed by atoms with van der Waals surface area (Å²) in [5.41, 5.74) is 0.286. The smallest absolute Gasteiger partial charge is 0.270 e. The predicted molar refractivity (Wildman–Crippen MR) is 75.4 cm³/mol. The molecule has 1 aromatic carbocycles. The van der Waals surface area contributed by atoms with Gasteiger partial charge in [-0.3, -0.25) is 4.79 Å². The summed E-state index contributed by atoms with van der Waals surface area (Å²) in [6.45, 7) is 1.87. The molecule has 0 fully saturated rings. The van der Waals surface area contributed by atoms with Crippen LogP contribution in [0.1, 0.15) is 23.8 Å². The summed E-state index contributed by atoms with van der Waals surface area (Å²) < 4.78 is 0. The van der Waals surface area contributed by atoms with Crippen molar-refractivity contribution in [3.8, 4) is 0 Å². The van der Waals surface area contributed by atoms with Crippen molar-refractivity contribution in [1.82, 2.24) is 10.3 Å². The lowest BCUT2D eigenvalue weighted by Gasteiger charge is -2.12. The third kappa shape index (κ3) is 3.22. The number of nitrogens with zero attached hydrogens (tertiary/aromatic N) is 1. The Bertz CT molecular complexity index is 601. The first-order chi connectivity index (χ1) is 9.11. The molecule has 0 aliphatic carbocycles. The molecule has 4 nitrogen and oxygen atoms in total.